The number of thiophene rings is 1. The van der Waals surface area contributed by atoms with Gasteiger partial charge in [0.1, 0.15) is 5.75 Å². The van der Waals surface area contributed by atoms with Gasteiger partial charge in [-0.1, -0.05) is 23.7 Å². The number of ether oxygens (including phenoxy) is 2. The van der Waals surface area contributed by atoms with Crippen LogP contribution >= 0.6 is 22.9 Å². The molecule has 168 valence electrons. The molecule has 2 aromatic carbocycles. The molecule has 1 unspecified atom stereocenters. The zero-order valence-electron chi connectivity index (χ0n) is 18.3. The highest BCUT2D eigenvalue weighted by Gasteiger charge is 2.33. The van der Waals surface area contributed by atoms with E-state index in [9.17, 15) is 14.7 Å². The van der Waals surface area contributed by atoms with E-state index in [4.69, 9.17) is 21.1 Å². The van der Waals surface area contributed by atoms with Crippen molar-refractivity contribution < 1.29 is 24.2 Å². The van der Waals surface area contributed by atoms with Gasteiger partial charge in [0.25, 0.3) is 0 Å². The molecule has 0 saturated carbocycles. The van der Waals surface area contributed by atoms with Gasteiger partial charge in [0.2, 0.25) is 5.78 Å². The van der Waals surface area contributed by atoms with E-state index < -0.39 is 17.5 Å². The van der Waals surface area contributed by atoms with Crippen LogP contribution in [-0.4, -0.2) is 36.7 Å². The van der Waals surface area contributed by atoms with Gasteiger partial charge in [-0.2, -0.15) is 0 Å². The fourth-order valence-corrected chi connectivity index (χ4v) is 4.71. The van der Waals surface area contributed by atoms with Crippen molar-refractivity contribution in [2.24, 2.45) is 0 Å². The lowest BCUT2D eigenvalue weighted by molar-refractivity contribution is -0.140. The van der Waals surface area contributed by atoms with Crippen molar-refractivity contribution in [3.8, 4) is 16.2 Å². The predicted molar refractivity (Wildman–Crippen MR) is 127 cm³/mol. The Morgan fingerprint density at radius 2 is 1.69 bits per heavy atom. The summed E-state index contributed by atoms with van der Waals surface area (Å²) in [6.07, 6.45) is 0.256. The van der Waals surface area contributed by atoms with Crippen molar-refractivity contribution in [1.82, 2.24) is 0 Å². The lowest BCUT2D eigenvalue weighted by Crippen LogP contribution is -2.28. The third kappa shape index (κ3) is 5.38. The maximum absolute atomic E-state index is 13.2. The maximum atomic E-state index is 13.2. The number of carbonyl (C=O) groups is 2. The van der Waals surface area contributed by atoms with Crippen LogP contribution in [0.2, 0.25) is 5.02 Å². The van der Waals surface area contributed by atoms with Crippen LogP contribution < -0.4 is 4.74 Å². The lowest BCUT2D eigenvalue weighted by atomic mass is 9.86. The van der Waals surface area contributed by atoms with Crippen molar-refractivity contribution in [3.63, 3.8) is 0 Å². The van der Waals surface area contributed by atoms with Gasteiger partial charge in [0, 0.05) is 22.6 Å². The Kier molecular flexibility index (Phi) is 7.39. The first-order chi connectivity index (χ1) is 15.1. The molecule has 0 fully saturated rings. The second-order valence-corrected chi connectivity index (χ2v) is 9.51. The number of ketones is 1. The monoisotopic (exact) mass is 472 g/mol. The van der Waals surface area contributed by atoms with Crippen molar-refractivity contribution >= 4 is 34.7 Å². The summed E-state index contributed by atoms with van der Waals surface area (Å²) < 4.78 is 10.7. The first-order valence-electron chi connectivity index (χ1n) is 10.0. The van der Waals surface area contributed by atoms with E-state index in [-0.39, 0.29) is 12.2 Å². The Hall–Kier alpha value is -2.67. The number of hydrogen-bond donors (Lipinski definition) is 1. The van der Waals surface area contributed by atoms with Crippen LogP contribution in [0.1, 0.15) is 47.0 Å². The molecule has 3 rings (SSSR count). The van der Waals surface area contributed by atoms with E-state index in [0.717, 1.165) is 10.4 Å². The standard InChI is InChI=1S/C25H25ClO5S/c1-25(2,31-4)14-20(24(28)29)19-13-21(22(27)15-7-11-18(30-3)12-8-15)32-23(19)16-5-9-17(26)10-6-16/h5-13,20H,14H2,1-4H3,(H,28,29). The van der Waals surface area contributed by atoms with Crippen LogP contribution in [0.15, 0.2) is 54.6 Å². The number of halogens is 1. The number of rotatable bonds is 9. The molecule has 0 aliphatic carbocycles. The van der Waals surface area contributed by atoms with Gasteiger partial charge in [-0.3, -0.25) is 9.59 Å². The number of carboxylic acid groups (broad SMARTS) is 1. The van der Waals surface area contributed by atoms with Crippen LogP contribution in [0.3, 0.4) is 0 Å². The van der Waals surface area contributed by atoms with E-state index in [1.165, 1.54) is 11.3 Å². The molecule has 1 heterocycles. The number of benzene rings is 2. The summed E-state index contributed by atoms with van der Waals surface area (Å²) in [7, 11) is 3.12. The van der Waals surface area contributed by atoms with Gasteiger partial charge in [-0.05, 0) is 73.9 Å². The molecular formula is C25H25ClO5S. The average molecular weight is 473 g/mol. The summed E-state index contributed by atoms with van der Waals surface area (Å²) in [5, 5.41) is 10.6. The third-order valence-corrected chi connectivity index (χ3v) is 6.82. The summed E-state index contributed by atoms with van der Waals surface area (Å²) in [6.45, 7) is 3.70. The molecule has 0 saturated heterocycles. The van der Waals surface area contributed by atoms with Crippen LogP contribution in [0.5, 0.6) is 5.75 Å². The SMILES string of the molecule is COc1ccc(C(=O)c2cc(C(CC(C)(C)OC)C(=O)O)c(-c3ccc(Cl)cc3)s2)cc1. The van der Waals surface area contributed by atoms with Crippen molar-refractivity contribution in [2.75, 3.05) is 14.2 Å². The fraction of sp³-hybridized carbons (Fsp3) is 0.280. The smallest absolute Gasteiger partial charge is 0.311 e. The van der Waals surface area contributed by atoms with Crippen LogP contribution in [0.25, 0.3) is 10.4 Å². The molecule has 1 aromatic heterocycles. The molecular weight excluding hydrogens is 448 g/mol. The molecule has 1 atom stereocenters. The number of carboxylic acids is 1. The van der Waals surface area contributed by atoms with E-state index in [1.807, 2.05) is 26.0 Å². The summed E-state index contributed by atoms with van der Waals surface area (Å²) in [5.41, 5.74) is 1.25. The minimum absolute atomic E-state index is 0.172. The lowest BCUT2D eigenvalue weighted by Gasteiger charge is -2.26. The molecule has 0 aliphatic rings. The first-order valence-corrected chi connectivity index (χ1v) is 11.2. The number of methoxy groups -OCH3 is 2. The third-order valence-electron chi connectivity index (χ3n) is 5.37. The van der Waals surface area contributed by atoms with Crippen molar-refractivity contribution in [3.05, 3.63) is 75.6 Å². The van der Waals surface area contributed by atoms with Crippen molar-refractivity contribution in [2.45, 2.75) is 31.8 Å². The van der Waals surface area contributed by atoms with Gasteiger partial charge in [-0.15, -0.1) is 11.3 Å². The molecule has 0 radical (unpaired) electrons. The summed E-state index contributed by atoms with van der Waals surface area (Å²) in [4.78, 5) is 26.7. The zero-order valence-corrected chi connectivity index (χ0v) is 19.9. The van der Waals surface area contributed by atoms with E-state index in [1.54, 1.807) is 56.7 Å². The summed E-state index contributed by atoms with van der Waals surface area (Å²) in [6, 6.07) is 15.7. The van der Waals surface area contributed by atoms with Gasteiger partial charge in [0.05, 0.1) is 23.5 Å². The maximum Gasteiger partial charge on any atom is 0.311 e. The minimum Gasteiger partial charge on any atom is -0.497 e. The van der Waals surface area contributed by atoms with Crippen LogP contribution in [-0.2, 0) is 9.53 Å². The molecule has 7 heteroatoms. The van der Waals surface area contributed by atoms with Gasteiger partial charge < -0.3 is 14.6 Å². The highest BCUT2D eigenvalue weighted by molar-refractivity contribution is 7.17. The minimum atomic E-state index is -0.966. The summed E-state index contributed by atoms with van der Waals surface area (Å²) >= 11 is 7.33. The molecule has 0 amide bonds. The predicted octanol–water partition coefficient (Wildman–Crippen LogP) is 6.29. The topological polar surface area (TPSA) is 72.8 Å². The molecule has 1 N–H and O–H groups in total. The second-order valence-electron chi connectivity index (χ2n) is 8.02. The fourth-order valence-electron chi connectivity index (χ4n) is 3.39. The van der Waals surface area contributed by atoms with E-state index in [2.05, 4.69) is 0 Å². The molecule has 0 spiro atoms. The average Bonchev–Trinajstić information content (AvgIpc) is 3.22. The first kappa shape index (κ1) is 24.0. The van der Waals surface area contributed by atoms with Crippen LogP contribution in [0.4, 0.5) is 0 Å². The van der Waals surface area contributed by atoms with Crippen LogP contribution in [0, 0.1) is 0 Å². The number of aliphatic carboxylic acids is 1. The quantitative estimate of drug-likeness (QED) is 0.370. The van der Waals surface area contributed by atoms with Gasteiger partial charge in [0.15, 0.2) is 0 Å². The highest BCUT2D eigenvalue weighted by Crippen LogP contribution is 2.41. The molecule has 3 aromatic rings. The molecule has 0 bridgehead atoms. The van der Waals surface area contributed by atoms with Gasteiger partial charge in [-0.25, -0.2) is 0 Å². The molecule has 5 nitrogen and oxygen atoms in total. The Labute approximate surface area is 196 Å². The highest BCUT2D eigenvalue weighted by atomic mass is 35.5. The zero-order chi connectivity index (χ0) is 23.5. The number of hydrogen-bond acceptors (Lipinski definition) is 5. The summed E-state index contributed by atoms with van der Waals surface area (Å²) in [5.74, 6) is -1.33. The Morgan fingerprint density at radius 3 is 2.22 bits per heavy atom. The van der Waals surface area contributed by atoms with E-state index >= 15 is 0 Å². The van der Waals surface area contributed by atoms with E-state index in [0.29, 0.717) is 26.8 Å². The Balaban J connectivity index is 2.11. The van der Waals surface area contributed by atoms with Crippen molar-refractivity contribution in [1.29, 1.82) is 0 Å². The molecule has 32 heavy (non-hydrogen) atoms. The normalized spacial score (nSPS) is 12.4. The largest absolute Gasteiger partial charge is 0.497 e. The Bertz CT molecular complexity index is 1100. The number of carbonyl (C=O) groups excluding carboxylic acids is 1. The second kappa shape index (κ2) is 9.86. The Morgan fingerprint density at radius 1 is 1.06 bits per heavy atom. The molecule has 0 aliphatic heterocycles. The van der Waals surface area contributed by atoms with Gasteiger partial charge >= 0.3 is 5.97 Å².